The molecule has 0 spiro atoms. The smallest absolute Gasteiger partial charge is 0.294 e. The lowest BCUT2D eigenvalue weighted by Gasteiger charge is -2.39. The van der Waals surface area contributed by atoms with Crippen LogP contribution in [0, 0.1) is 11.3 Å². The molecule has 0 atom stereocenters. The van der Waals surface area contributed by atoms with E-state index >= 15 is 0 Å². The van der Waals surface area contributed by atoms with Crippen LogP contribution in [-0.2, 0) is 41.3 Å². The Morgan fingerprint density at radius 2 is 1.77 bits per heavy atom. The quantitative estimate of drug-likeness (QED) is 0.396. The van der Waals surface area contributed by atoms with Crippen LogP contribution in [0.5, 0.6) is 0 Å². The zero-order valence-corrected chi connectivity index (χ0v) is 23.9. The molecule has 1 aliphatic carbocycles. The van der Waals surface area contributed by atoms with E-state index in [4.69, 9.17) is 0 Å². The third-order valence-electron chi connectivity index (χ3n) is 9.52. The van der Waals surface area contributed by atoms with Crippen LogP contribution in [0.15, 0.2) is 47.4 Å². The highest BCUT2D eigenvalue weighted by atomic mass is 32.2. The second-order valence-electron chi connectivity index (χ2n) is 12.2. The normalized spacial score (nSPS) is 18.8. The van der Waals surface area contributed by atoms with Crippen LogP contribution in [0.25, 0.3) is 5.57 Å². The van der Waals surface area contributed by atoms with Crippen molar-refractivity contribution in [1.82, 2.24) is 4.58 Å². The summed E-state index contributed by atoms with van der Waals surface area (Å²) in [6.45, 7) is 8.01. The Morgan fingerprint density at radius 3 is 2.55 bits per heavy atom. The van der Waals surface area contributed by atoms with Crippen molar-refractivity contribution in [3.63, 3.8) is 0 Å². The summed E-state index contributed by atoms with van der Waals surface area (Å²) in [4.78, 5) is 2.20. The standard InChI is InChI=1S/C33H33N3O3S/c1-33(2)28-18-29-21(9-5-15-36(29)20-23-8-3-4-12-30(23)40(37,38)39)16-25(28)27(19-34)26-17-22-10-6-13-35-14-7-11-24(31(26)33)32(22)35/h3-4,8,12,16-18H,5-7,9-11,13-15,20H2,1-2H3/p+1. The molecule has 0 radical (unpaired) electrons. The molecular weight excluding hydrogens is 518 g/mol. The van der Waals surface area contributed by atoms with Gasteiger partial charge in [-0.15, -0.1) is 0 Å². The molecule has 0 unspecified atom stereocenters. The first-order valence-electron chi connectivity index (χ1n) is 14.4. The molecule has 0 aromatic heterocycles. The number of aryl methyl sites for hydroxylation is 2. The van der Waals surface area contributed by atoms with Crippen molar-refractivity contribution >= 4 is 21.4 Å². The topological polar surface area (TPSA) is 84.4 Å². The van der Waals surface area contributed by atoms with Crippen LogP contribution in [0.4, 0.5) is 5.69 Å². The zero-order chi connectivity index (χ0) is 27.8. The fourth-order valence-electron chi connectivity index (χ4n) is 7.86. The molecule has 6 nitrogen and oxygen atoms in total. The van der Waals surface area contributed by atoms with E-state index in [1.165, 1.54) is 33.7 Å². The van der Waals surface area contributed by atoms with Crippen molar-refractivity contribution in [2.45, 2.75) is 69.2 Å². The largest absolute Gasteiger partial charge is 0.367 e. The van der Waals surface area contributed by atoms with Crippen LogP contribution in [0.3, 0.4) is 0 Å². The Balaban J connectivity index is 1.44. The first-order valence-corrected chi connectivity index (χ1v) is 15.8. The molecule has 3 aromatic carbocycles. The van der Waals surface area contributed by atoms with Crippen LogP contribution in [0.2, 0.25) is 0 Å². The van der Waals surface area contributed by atoms with Crippen molar-refractivity contribution in [3.8, 4) is 6.07 Å². The van der Waals surface area contributed by atoms with Crippen LogP contribution < -0.4 is 20.1 Å². The highest BCUT2D eigenvalue weighted by Crippen LogP contribution is 2.44. The molecule has 0 bridgehead atoms. The monoisotopic (exact) mass is 552 g/mol. The summed E-state index contributed by atoms with van der Waals surface area (Å²) in [5.41, 5.74) is 9.68. The number of hydrogen-bond donors (Lipinski definition) is 1. The highest BCUT2D eigenvalue weighted by molar-refractivity contribution is 7.85. The van der Waals surface area contributed by atoms with Gasteiger partial charge >= 0.3 is 0 Å². The summed E-state index contributed by atoms with van der Waals surface area (Å²) in [6.07, 6.45) is 6.27. The van der Waals surface area contributed by atoms with Crippen molar-refractivity contribution in [2.75, 3.05) is 24.5 Å². The Hall–Kier alpha value is -3.47. The van der Waals surface area contributed by atoms with Gasteiger partial charge in [-0.2, -0.15) is 13.7 Å². The lowest BCUT2D eigenvalue weighted by Crippen LogP contribution is -2.48. The minimum Gasteiger partial charge on any atom is -0.367 e. The van der Waals surface area contributed by atoms with E-state index in [0.717, 1.165) is 85.8 Å². The van der Waals surface area contributed by atoms with E-state index in [1.807, 2.05) is 6.07 Å². The fraction of sp³-hybridized carbons (Fsp3) is 0.394. The second kappa shape index (κ2) is 9.02. The summed E-state index contributed by atoms with van der Waals surface area (Å²) in [5, 5.41) is 13.1. The van der Waals surface area contributed by atoms with Crippen LogP contribution >= 0.6 is 0 Å². The average Bonchev–Trinajstić information content (AvgIpc) is 2.93. The number of rotatable bonds is 3. The number of nitrogens with zero attached hydrogens (tertiary/aromatic N) is 3. The average molecular weight is 553 g/mol. The van der Waals surface area contributed by atoms with E-state index in [9.17, 15) is 18.2 Å². The molecular formula is C33H34N3O3S+. The maximum Gasteiger partial charge on any atom is 0.294 e. The Labute approximate surface area is 235 Å². The first kappa shape index (κ1) is 25.5. The van der Waals surface area contributed by atoms with E-state index < -0.39 is 10.1 Å². The molecule has 1 N–H and O–H groups in total. The minimum absolute atomic E-state index is 0.0390. The van der Waals surface area contributed by atoms with Gasteiger partial charge in [0.15, 0.2) is 0 Å². The van der Waals surface area contributed by atoms with E-state index in [2.05, 4.69) is 47.6 Å². The molecule has 7 heteroatoms. The second-order valence-corrected chi connectivity index (χ2v) is 13.6. The van der Waals surface area contributed by atoms with Gasteiger partial charge in [0.2, 0.25) is 5.36 Å². The third-order valence-corrected chi connectivity index (χ3v) is 10.5. The van der Waals surface area contributed by atoms with Gasteiger partial charge in [-0.05, 0) is 83.0 Å². The molecule has 40 heavy (non-hydrogen) atoms. The van der Waals surface area contributed by atoms with Gasteiger partial charge in [0.1, 0.15) is 19.2 Å². The molecule has 3 aliphatic heterocycles. The van der Waals surface area contributed by atoms with Crippen molar-refractivity contribution in [1.29, 1.82) is 5.26 Å². The maximum atomic E-state index is 12.1. The Morgan fingerprint density at radius 1 is 1.02 bits per heavy atom. The van der Waals surface area contributed by atoms with Gasteiger partial charge in [-0.3, -0.25) is 4.55 Å². The first-order chi connectivity index (χ1) is 19.2. The van der Waals surface area contributed by atoms with Gasteiger partial charge in [0, 0.05) is 48.2 Å². The van der Waals surface area contributed by atoms with Gasteiger partial charge in [0.25, 0.3) is 10.1 Å². The number of anilines is 1. The van der Waals surface area contributed by atoms with Crippen molar-refractivity contribution in [3.05, 3.63) is 92.0 Å². The SMILES string of the molecule is CC1(C)c2cc3c(cc2C(C#N)=c2cc4c5c(c21)CCC[N+]=5CCC4)CCCN3Cc1ccccc1S(=O)(=O)O. The van der Waals surface area contributed by atoms with E-state index in [1.54, 1.807) is 12.1 Å². The van der Waals surface area contributed by atoms with Crippen molar-refractivity contribution < 1.29 is 13.0 Å². The molecule has 204 valence electrons. The minimum atomic E-state index is -4.32. The predicted octanol–water partition coefficient (Wildman–Crippen LogP) is 3.63. The number of hydrogen-bond acceptors (Lipinski definition) is 4. The van der Waals surface area contributed by atoms with E-state index in [-0.39, 0.29) is 10.3 Å². The molecule has 3 heterocycles. The Bertz CT molecular complexity index is 1880. The summed E-state index contributed by atoms with van der Waals surface area (Å²) in [7, 11) is -4.32. The molecule has 7 rings (SSSR count). The molecule has 0 saturated heterocycles. The van der Waals surface area contributed by atoms with Gasteiger partial charge in [0.05, 0.1) is 10.5 Å². The summed E-state index contributed by atoms with van der Waals surface area (Å²) >= 11 is 0. The van der Waals surface area contributed by atoms with Crippen LogP contribution in [-0.4, -0.2) is 32.6 Å². The maximum absolute atomic E-state index is 12.1. The number of nitriles is 1. The lowest BCUT2D eigenvalue weighted by atomic mass is 9.66. The van der Waals surface area contributed by atoms with Gasteiger partial charge < -0.3 is 4.90 Å². The van der Waals surface area contributed by atoms with Gasteiger partial charge in [-0.1, -0.05) is 32.0 Å². The number of fused-ring (bicyclic) bond motifs is 4. The van der Waals surface area contributed by atoms with Crippen molar-refractivity contribution in [2.24, 2.45) is 0 Å². The molecule has 4 aliphatic rings. The molecule has 3 aromatic rings. The Kier molecular flexibility index (Phi) is 5.75. The zero-order valence-electron chi connectivity index (χ0n) is 23.1. The molecule has 0 fully saturated rings. The summed E-state index contributed by atoms with van der Waals surface area (Å²) in [6, 6.07) is 16.1. The third kappa shape index (κ3) is 3.77. The highest BCUT2D eigenvalue weighted by Gasteiger charge is 2.39. The van der Waals surface area contributed by atoms with Gasteiger partial charge in [-0.25, -0.2) is 4.58 Å². The fourth-order valence-corrected chi connectivity index (χ4v) is 8.57. The van der Waals surface area contributed by atoms with E-state index in [0.29, 0.717) is 12.1 Å². The lowest BCUT2D eigenvalue weighted by molar-refractivity contribution is 0.472. The van der Waals surface area contributed by atoms with Crippen LogP contribution in [0.1, 0.15) is 72.1 Å². The summed E-state index contributed by atoms with van der Waals surface area (Å²) < 4.78 is 36.6. The molecule has 0 amide bonds. The predicted molar refractivity (Wildman–Crippen MR) is 156 cm³/mol. The summed E-state index contributed by atoms with van der Waals surface area (Å²) in [5.74, 6) is 0. The number of benzene rings is 3. The molecule has 0 saturated carbocycles.